The molecule has 1 amide bonds. The summed E-state index contributed by atoms with van der Waals surface area (Å²) in [4.78, 5) is 17.6. The molecule has 0 aliphatic heterocycles. The van der Waals surface area contributed by atoms with Gasteiger partial charge in [0.05, 0.1) is 19.7 Å². The summed E-state index contributed by atoms with van der Waals surface area (Å²) in [5.74, 6) is 0.538. The van der Waals surface area contributed by atoms with Gasteiger partial charge in [0.25, 0.3) is 0 Å². The number of guanidine groups is 1. The van der Waals surface area contributed by atoms with Gasteiger partial charge in [0.2, 0.25) is 5.91 Å². The van der Waals surface area contributed by atoms with Crippen LogP contribution in [0.2, 0.25) is 5.02 Å². The minimum atomic E-state index is -0.0241. The third kappa shape index (κ3) is 9.62. The first-order valence-corrected chi connectivity index (χ1v) is 7.36. The zero-order valence-corrected chi connectivity index (χ0v) is 16.7. The predicted molar refractivity (Wildman–Crippen MR) is 105 cm³/mol. The van der Waals surface area contributed by atoms with E-state index in [9.17, 15) is 4.79 Å². The number of likely N-dealkylation sites (N-methyl/N-ethyl adjacent to an activating group) is 1. The molecule has 0 unspecified atom stereocenters. The van der Waals surface area contributed by atoms with Crippen LogP contribution in [0.25, 0.3) is 0 Å². The maximum Gasteiger partial charge on any atom is 0.241 e. The highest BCUT2D eigenvalue weighted by molar-refractivity contribution is 14.0. The van der Waals surface area contributed by atoms with Gasteiger partial charge in [-0.2, -0.15) is 0 Å². The van der Waals surface area contributed by atoms with Crippen molar-refractivity contribution in [1.29, 1.82) is 0 Å². The summed E-state index contributed by atoms with van der Waals surface area (Å²) < 4.78 is 5.00. The Kier molecular flexibility index (Phi) is 11.8. The lowest BCUT2D eigenvalue weighted by Gasteiger charge is -2.14. The second-order valence-corrected chi connectivity index (χ2v) is 5.29. The zero-order valence-electron chi connectivity index (χ0n) is 13.6. The number of carbonyl (C=O) groups excluding carboxylic acids is 1. The van der Waals surface area contributed by atoms with E-state index < -0.39 is 0 Å². The van der Waals surface area contributed by atoms with Crippen molar-refractivity contribution in [1.82, 2.24) is 15.5 Å². The van der Waals surface area contributed by atoms with Crippen molar-refractivity contribution >= 4 is 47.4 Å². The number of rotatable bonds is 7. The molecule has 0 radical (unpaired) electrons. The highest BCUT2D eigenvalue weighted by Gasteiger charge is 2.05. The Morgan fingerprint density at radius 2 is 2.09 bits per heavy atom. The van der Waals surface area contributed by atoms with Gasteiger partial charge in [0.1, 0.15) is 0 Å². The molecule has 0 atom stereocenters. The Balaban J connectivity index is 0.00000484. The van der Waals surface area contributed by atoms with E-state index in [1.807, 2.05) is 24.3 Å². The number of halogens is 2. The van der Waals surface area contributed by atoms with Crippen LogP contribution in [-0.2, 0) is 16.1 Å². The Hall–Kier alpha value is -1.06. The smallest absolute Gasteiger partial charge is 0.241 e. The summed E-state index contributed by atoms with van der Waals surface area (Å²) in [5, 5.41) is 6.79. The maximum atomic E-state index is 11.6. The fraction of sp³-hybridized carbons (Fsp3) is 0.467. The van der Waals surface area contributed by atoms with E-state index in [4.69, 9.17) is 16.3 Å². The van der Waals surface area contributed by atoms with Crippen molar-refractivity contribution < 1.29 is 9.53 Å². The normalized spacial score (nSPS) is 10.7. The summed E-state index contributed by atoms with van der Waals surface area (Å²) in [7, 11) is 5.06. The van der Waals surface area contributed by atoms with Crippen LogP contribution >= 0.6 is 35.6 Å². The second-order valence-electron chi connectivity index (χ2n) is 4.86. The SMILES string of the molecule is COCCNC(=NCc1cccc(Cl)c1)NCC(=O)N(C)C.I. The van der Waals surface area contributed by atoms with E-state index in [1.54, 1.807) is 21.2 Å². The van der Waals surface area contributed by atoms with Gasteiger partial charge in [-0.15, -0.1) is 24.0 Å². The molecule has 23 heavy (non-hydrogen) atoms. The molecule has 1 rings (SSSR count). The van der Waals surface area contributed by atoms with Gasteiger partial charge in [-0.3, -0.25) is 4.79 Å². The van der Waals surface area contributed by atoms with Crippen molar-refractivity contribution in [3.8, 4) is 0 Å². The molecule has 2 N–H and O–H groups in total. The van der Waals surface area contributed by atoms with Gasteiger partial charge in [0, 0.05) is 32.8 Å². The monoisotopic (exact) mass is 454 g/mol. The molecule has 8 heteroatoms. The molecule has 0 saturated carbocycles. The molecular weight excluding hydrogens is 431 g/mol. The Bertz CT molecular complexity index is 512. The molecule has 1 aromatic carbocycles. The number of nitrogens with zero attached hydrogens (tertiary/aromatic N) is 2. The fourth-order valence-corrected chi connectivity index (χ4v) is 1.78. The lowest BCUT2D eigenvalue weighted by molar-refractivity contribution is -0.127. The van der Waals surface area contributed by atoms with Crippen LogP contribution < -0.4 is 10.6 Å². The molecule has 6 nitrogen and oxygen atoms in total. The van der Waals surface area contributed by atoms with E-state index >= 15 is 0 Å². The minimum absolute atomic E-state index is 0. The van der Waals surface area contributed by atoms with Crippen molar-refractivity contribution in [2.75, 3.05) is 40.9 Å². The quantitative estimate of drug-likeness (QED) is 0.285. The van der Waals surface area contributed by atoms with Crippen LogP contribution in [0.15, 0.2) is 29.3 Å². The average Bonchev–Trinajstić information content (AvgIpc) is 2.49. The number of hydrogen-bond acceptors (Lipinski definition) is 3. The van der Waals surface area contributed by atoms with Crippen LogP contribution in [0.3, 0.4) is 0 Å². The number of carbonyl (C=O) groups is 1. The van der Waals surface area contributed by atoms with Gasteiger partial charge in [0.15, 0.2) is 5.96 Å². The van der Waals surface area contributed by atoms with Crippen LogP contribution in [0.4, 0.5) is 0 Å². The van der Waals surface area contributed by atoms with E-state index in [0.29, 0.717) is 30.7 Å². The van der Waals surface area contributed by atoms with E-state index in [-0.39, 0.29) is 36.4 Å². The number of benzene rings is 1. The summed E-state index contributed by atoms with van der Waals surface area (Å²) in [6, 6.07) is 7.52. The number of nitrogens with one attached hydrogen (secondary N) is 2. The second kappa shape index (κ2) is 12.4. The third-order valence-corrected chi connectivity index (χ3v) is 3.05. The highest BCUT2D eigenvalue weighted by Crippen LogP contribution is 2.11. The molecule has 0 bridgehead atoms. The molecule has 0 aliphatic rings. The first kappa shape index (κ1) is 21.9. The van der Waals surface area contributed by atoms with Crippen molar-refractivity contribution in [2.45, 2.75) is 6.54 Å². The van der Waals surface area contributed by atoms with Gasteiger partial charge >= 0.3 is 0 Å². The van der Waals surface area contributed by atoms with E-state index in [0.717, 1.165) is 5.56 Å². The Morgan fingerprint density at radius 1 is 1.35 bits per heavy atom. The summed E-state index contributed by atoms with van der Waals surface area (Å²) in [5.41, 5.74) is 0.999. The van der Waals surface area contributed by atoms with Crippen LogP contribution in [-0.4, -0.2) is 57.7 Å². The largest absolute Gasteiger partial charge is 0.383 e. The molecular formula is C15H24ClIN4O2. The molecule has 0 spiro atoms. The standard InChI is InChI=1S/C15H23ClN4O2.HI/c1-20(2)14(21)11-19-15(17-7-8-22-3)18-10-12-5-4-6-13(16)9-12;/h4-6,9H,7-8,10-11H2,1-3H3,(H2,17,18,19);1H. The van der Waals surface area contributed by atoms with Crippen LogP contribution in [0.5, 0.6) is 0 Å². The predicted octanol–water partition coefficient (Wildman–Crippen LogP) is 1.73. The summed E-state index contributed by atoms with van der Waals surface area (Å²) in [6.45, 7) is 1.81. The number of hydrogen-bond donors (Lipinski definition) is 2. The van der Waals surface area contributed by atoms with Crippen LogP contribution in [0.1, 0.15) is 5.56 Å². The summed E-state index contributed by atoms with van der Waals surface area (Å²) in [6.07, 6.45) is 0. The Morgan fingerprint density at radius 3 is 2.70 bits per heavy atom. The van der Waals surface area contributed by atoms with Gasteiger partial charge in [-0.25, -0.2) is 4.99 Å². The number of aliphatic imine (C=N–C) groups is 1. The lowest BCUT2D eigenvalue weighted by atomic mass is 10.2. The van der Waals surface area contributed by atoms with Crippen molar-refractivity contribution in [3.63, 3.8) is 0 Å². The molecule has 130 valence electrons. The van der Waals surface area contributed by atoms with Gasteiger partial charge in [-0.1, -0.05) is 23.7 Å². The minimum Gasteiger partial charge on any atom is -0.383 e. The first-order valence-electron chi connectivity index (χ1n) is 6.98. The molecule has 0 fully saturated rings. The number of methoxy groups -OCH3 is 1. The first-order chi connectivity index (χ1) is 10.5. The van der Waals surface area contributed by atoms with Gasteiger partial charge in [-0.05, 0) is 17.7 Å². The number of ether oxygens (including phenoxy) is 1. The topological polar surface area (TPSA) is 66.0 Å². The molecule has 0 saturated heterocycles. The van der Waals surface area contributed by atoms with Crippen molar-refractivity contribution in [2.24, 2.45) is 4.99 Å². The molecule has 0 aliphatic carbocycles. The van der Waals surface area contributed by atoms with E-state index in [2.05, 4.69) is 15.6 Å². The van der Waals surface area contributed by atoms with E-state index in [1.165, 1.54) is 4.90 Å². The fourth-order valence-electron chi connectivity index (χ4n) is 1.57. The van der Waals surface area contributed by atoms with Crippen molar-refractivity contribution in [3.05, 3.63) is 34.9 Å². The Labute approximate surface area is 159 Å². The molecule has 1 aromatic rings. The summed E-state index contributed by atoms with van der Waals surface area (Å²) >= 11 is 5.95. The zero-order chi connectivity index (χ0) is 16.4. The molecule has 0 aromatic heterocycles. The third-order valence-electron chi connectivity index (χ3n) is 2.81. The highest BCUT2D eigenvalue weighted by atomic mass is 127. The maximum absolute atomic E-state index is 11.6. The molecule has 0 heterocycles. The van der Waals surface area contributed by atoms with Gasteiger partial charge < -0.3 is 20.3 Å². The lowest BCUT2D eigenvalue weighted by Crippen LogP contribution is -2.43. The average molecular weight is 455 g/mol. The number of amides is 1. The van der Waals surface area contributed by atoms with Crippen LogP contribution in [0, 0.1) is 0 Å².